The van der Waals surface area contributed by atoms with E-state index in [2.05, 4.69) is 5.32 Å². The Kier molecular flexibility index (Phi) is 10.4. The van der Waals surface area contributed by atoms with Crippen molar-refractivity contribution in [1.82, 2.24) is 10.2 Å². The van der Waals surface area contributed by atoms with Gasteiger partial charge in [0.25, 0.3) is 0 Å². The average Bonchev–Trinajstić information content (AvgIpc) is 3.37. The highest BCUT2D eigenvalue weighted by molar-refractivity contribution is 7.92. The van der Waals surface area contributed by atoms with Crippen molar-refractivity contribution in [3.63, 3.8) is 0 Å². The molecule has 0 radical (unpaired) electrons. The van der Waals surface area contributed by atoms with Crippen molar-refractivity contribution in [1.29, 1.82) is 0 Å². The Morgan fingerprint density at radius 3 is 2.29 bits per heavy atom. The zero-order valence-electron chi connectivity index (χ0n) is 23.5. The van der Waals surface area contributed by atoms with E-state index in [9.17, 15) is 18.0 Å². The van der Waals surface area contributed by atoms with Gasteiger partial charge in [-0.3, -0.25) is 13.9 Å². The molecule has 7 nitrogen and oxygen atoms in total. The number of anilines is 1. The van der Waals surface area contributed by atoms with Crippen LogP contribution in [-0.4, -0.2) is 50.0 Å². The molecule has 0 saturated heterocycles. The molecule has 1 atom stereocenters. The van der Waals surface area contributed by atoms with Crippen LogP contribution in [0.15, 0.2) is 42.5 Å². The van der Waals surface area contributed by atoms with Crippen molar-refractivity contribution < 1.29 is 18.0 Å². The first-order valence-electron chi connectivity index (χ1n) is 13.7. The van der Waals surface area contributed by atoms with Crippen molar-refractivity contribution in [3.8, 4) is 0 Å². The van der Waals surface area contributed by atoms with Crippen LogP contribution in [0.4, 0.5) is 5.69 Å². The van der Waals surface area contributed by atoms with E-state index >= 15 is 0 Å². The third kappa shape index (κ3) is 7.59. The highest BCUT2D eigenvalue weighted by Gasteiger charge is 2.31. The summed E-state index contributed by atoms with van der Waals surface area (Å²) in [5, 5.41) is 3.17. The quantitative estimate of drug-likeness (QED) is 0.409. The zero-order valence-corrected chi connectivity index (χ0v) is 24.3. The Morgan fingerprint density at radius 2 is 1.66 bits per heavy atom. The molecule has 1 aliphatic carbocycles. The molecule has 0 unspecified atom stereocenters. The summed E-state index contributed by atoms with van der Waals surface area (Å²) < 4.78 is 26.7. The summed E-state index contributed by atoms with van der Waals surface area (Å²) in [6.07, 6.45) is 6.40. The van der Waals surface area contributed by atoms with E-state index in [4.69, 9.17) is 0 Å². The molecule has 0 spiro atoms. The minimum atomic E-state index is -3.53. The van der Waals surface area contributed by atoms with Crippen LogP contribution in [0.5, 0.6) is 0 Å². The average molecular weight is 542 g/mol. The lowest BCUT2D eigenvalue weighted by Gasteiger charge is -2.32. The first-order chi connectivity index (χ1) is 18.0. The third-order valence-electron chi connectivity index (χ3n) is 7.69. The van der Waals surface area contributed by atoms with Crippen molar-refractivity contribution in [2.24, 2.45) is 0 Å². The standard InChI is InChI=1S/C30H43N3O4S/c1-6-27(30(35)31-26-16-9-10-17-26)32(21-25-15-8-7-13-23(25)3)29(34)19-12-20-33(38(5,36)37)28-18-11-14-22(2)24(28)4/h7-8,11,13-15,18,26-27H,6,9-10,12,16-17,19-21H2,1-5H3,(H,31,35)/t27-/m0/s1. The summed E-state index contributed by atoms with van der Waals surface area (Å²) in [6, 6.07) is 13.1. The monoisotopic (exact) mass is 541 g/mol. The summed E-state index contributed by atoms with van der Waals surface area (Å²) >= 11 is 0. The molecule has 1 fully saturated rings. The van der Waals surface area contributed by atoms with Gasteiger partial charge in [-0.15, -0.1) is 0 Å². The molecule has 38 heavy (non-hydrogen) atoms. The second-order valence-electron chi connectivity index (χ2n) is 10.5. The molecule has 2 amide bonds. The summed E-state index contributed by atoms with van der Waals surface area (Å²) in [7, 11) is -3.53. The maximum atomic E-state index is 13.7. The lowest BCUT2D eigenvalue weighted by Crippen LogP contribution is -2.51. The van der Waals surface area contributed by atoms with Crippen molar-refractivity contribution in [2.45, 2.75) is 91.3 Å². The Labute approximate surface area is 228 Å². The number of amides is 2. The topological polar surface area (TPSA) is 86.8 Å². The molecule has 208 valence electrons. The van der Waals surface area contributed by atoms with Gasteiger partial charge in [-0.2, -0.15) is 0 Å². The van der Waals surface area contributed by atoms with Crippen LogP contribution in [0, 0.1) is 20.8 Å². The lowest BCUT2D eigenvalue weighted by molar-refractivity contribution is -0.141. The second-order valence-corrected chi connectivity index (χ2v) is 12.4. The van der Waals surface area contributed by atoms with E-state index in [1.807, 2.05) is 64.1 Å². The van der Waals surface area contributed by atoms with Gasteiger partial charge >= 0.3 is 0 Å². The maximum absolute atomic E-state index is 13.7. The maximum Gasteiger partial charge on any atom is 0.243 e. The summed E-state index contributed by atoms with van der Waals surface area (Å²) in [6.45, 7) is 8.34. The minimum Gasteiger partial charge on any atom is -0.352 e. The number of rotatable bonds is 12. The van der Waals surface area contributed by atoms with Crippen LogP contribution in [-0.2, 0) is 26.2 Å². The number of carbonyl (C=O) groups excluding carboxylic acids is 2. The van der Waals surface area contributed by atoms with Crippen LogP contribution in [0.25, 0.3) is 0 Å². The molecular formula is C30H43N3O4S. The molecule has 0 heterocycles. The van der Waals surface area contributed by atoms with Gasteiger partial charge < -0.3 is 10.2 Å². The molecule has 0 aromatic heterocycles. The molecule has 2 aromatic carbocycles. The van der Waals surface area contributed by atoms with Crippen LogP contribution in [0.3, 0.4) is 0 Å². The molecular weight excluding hydrogens is 498 g/mol. The van der Waals surface area contributed by atoms with Gasteiger partial charge in [0.1, 0.15) is 6.04 Å². The Morgan fingerprint density at radius 1 is 1.00 bits per heavy atom. The number of hydrogen-bond donors (Lipinski definition) is 1. The van der Waals surface area contributed by atoms with E-state index in [0.717, 1.165) is 47.9 Å². The van der Waals surface area contributed by atoms with Crippen molar-refractivity contribution >= 4 is 27.5 Å². The van der Waals surface area contributed by atoms with Crippen LogP contribution >= 0.6 is 0 Å². The van der Waals surface area contributed by atoms with E-state index in [1.54, 1.807) is 11.0 Å². The second kappa shape index (κ2) is 13.3. The van der Waals surface area contributed by atoms with Gasteiger partial charge in [0.05, 0.1) is 11.9 Å². The number of aryl methyl sites for hydroxylation is 2. The molecule has 2 aromatic rings. The SMILES string of the molecule is CC[C@@H](C(=O)NC1CCCC1)N(Cc1ccccc1C)C(=O)CCCN(c1cccc(C)c1C)S(C)(=O)=O. The van der Waals surface area contributed by atoms with Crippen molar-refractivity contribution in [3.05, 3.63) is 64.7 Å². The van der Waals surface area contributed by atoms with Gasteiger partial charge in [0.2, 0.25) is 21.8 Å². The van der Waals surface area contributed by atoms with E-state index in [0.29, 0.717) is 25.1 Å². The lowest BCUT2D eigenvalue weighted by atomic mass is 10.0. The fraction of sp³-hybridized carbons (Fsp3) is 0.533. The molecule has 8 heteroatoms. The number of benzene rings is 2. The highest BCUT2D eigenvalue weighted by Crippen LogP contribution is 2.26. The number of nitrogens with one attached hydrogen (secondary N) is 1. The predicted molar refractivity (Wildman–Crippen MR) is 154 cm³/mol. The normalized spacial score (nSPS) is 14.8. The minimum absolute atomic E-state index is 0.102. The first-order valence-corrected chi connectivity index (χ1v) is 15.6. The molecule has 1 aliphatic rings. The fourth-order valence-electron chi connectivity index (χ4n) is 5.25. The van der Waals surface area contributed by atoms with Crippen LogP contribution < -0.4 is 9.62 Å². The highest BCUT2D eigenvalue weighted by atomic mass is 32.2. The third-order valence-corrected chi connectivity index (χ3v) is 8.87. The predicted octanol–water partition coefficient (Wildman–Crippen LogP) is 5.02. The Balaban J connectivity index is 1.79. The van der Waals surface area contributed by atoms with E-state index in [-0.39, 0.29) is 30.8 Å². The number of sulfonamides is 1. The number of carbonyl (C=O) groups is 2. The smallest absolute Gasteiger partial charge is 0.243 e. The summed E-state index contributed by atoms with van der Waals surface area (Å²) in [5.41, 5.74) is 4.62. The van der Waals surface area contributed by atoms with Crippen LogP contribution in [0.2, 0.25) is 0 Å². The number of hydrogen-bond acceptors (Lipinski definition) is 4. The number of nitrogens with zero attached hydrogens (tertiary/aromatic N) is 2. The van der Waals surface area contributed by atoms with Gasteiger partial charge in [-0.1, -0.05) is 56.2 Å². The molecule has 0 bridgehead atoms. The Bertz CT molecular complexity index is 1220. The summed E-state index contributed by atoms with van der Waals surface area (Å²) in [4.78, 5) is 28.7. The summed E-state index contributed by atoms with van der Waals surface area (Å²) in [5.74, 6) is -0.245. The largest absolute Gasteiger partial charge is 0.352 e. The molecule has 3 rings (SSSR count). The van der Waals surface area contributed by atoms with Gasteiger partial charge in [0, 0.05) is 25.6 Å². The fourth-order valence-corrected chi connectivity index (χ4v) is 6.26. The van der Waals surface area contributed by atoms with E-state index < -0.39 is 16.1 Å². The van der Waals surface area contributed by atoms with Gasteiger partial charge in [-0.25, -0.2) is 8.42 Å². The van der Waals surface area contributed by atoms with Crippen molar-refractivity contribution in [2.75, 3.05) is 17.1 Å². The van der Waals surface area contributed by atoms with E-state index in [1.165, 1.54) is 10.6 Å². The molecule has 1 saturated carbocycles. The van der Waals surface area contributed by atoms with Gasteiger partial charge in [0.15, 0.2) is 0 Å². The first kappa shape index (κ1) is 29.7. The Hall–Kier alpha value is -2.87. The molecule has 0 aliphatic heterocycles. The van der Waals surface area contributed by atoms with Gasteiger partial charge in [-0.05, 0) is 74.8 Å². The van der Waals surface area contributed by atoms with Crippen LogP contribution in [0.1, 0.15) is 74.1 Å². The molecule has 1 N–H and O–H groups in total. The zero-order chi connectivity index (χ0) is 27.9.